The fraction of sp³-hybridized carbons (Fsp3) is 0.562. The van der Waals surface area contributed by atoms with Crippen molar-refractivity contribution in [2.75, 3.05) is 6.54 Å². The molecule has 22 heavy (non-hydrogen) atoms. The number of aliphatic hydroxyl groups is 1. The van der Waals surface area contributed by atoms with Gasteiger partial charge < -0.3 is 10.4 Å². The highest BCUT2D eigenvalue weighted by Crippen LogP contribution is 2.29. The van der Waals surface area contributed by atoms with Gasteiger partial charge in [0, 0.05) is 12.5 Å². The zero-order valence-corrected chi connectivity index (χ0v) is 12.9. The molecule has 2 unspecified atom stereocenters. The maximum absolute atomic E-state index is 12.6. The lowest BCUT2D eigenvalue weighted by Crippen LogP contribution is -2.38. The van der Waals surface area contributed by atoms with Crippen molar-refractivity contribution in [3.8, 4) is 0 Å². The van der Waals surface area contributed by atoms with Gasteiger partial charge in [-0.25, -0.2) is 0 Å². The largest absolute Gasteiger partial charge is 0.416 e. The lowest BCUT2D eigenvalue weighted by molar-refractivity contribution is -0.137. The van der Waals surface area contributed by atoms with Crippen LogP contribution in [0.2, 0.25) is 0 Å². The van der Waals surface area contributed by atoms with Crippen molar-refractivity contribution in [1.82, 2.24) is 5.32 Å². The Morgan fingerprint density at radius 3 is 2.45 bits per heavy atom. The molecule has 1 amide bonds. The predicted molar refractivity (Wildman–Crippen MR) is 78.2 cm³/mol. The molecule has 1 rings (SSSR count). The van der Waals surface area contributed by atoms with Gasteiger partial charge in [0.25, 0.3) is 0 Å². The zero-order valence-electron chi connectivity index (χ0n) is 12.9. The van der Waals surface area contributed by atoms with Crippen molar-refractivity contribution in [1.29, 1.82) is 0 Å². The summed E-state index contributed by atoms with van der Waals surface area (Å²) in [5.41, 5.74) is -0.255. The molecule has 6 heteroatoms. The molecule has 1 aromatic carbocycles. The molecule has 0 radical (unpaired) electrons. The van der Waals surface area contributed by atoms with Crippen LogP contribution < -0.4 is 5.32 Å². The molecule has 124 valence electrons. The van der Waals surface area contributed by atoms with Crippen LogP contribution in [-0.4, -0.2) is 23.7 Å². The Bertz CT molecular complexity index is 500. The summed E-state index contributed by atoms with van der Waals surface area (Å²) in [5.74, 6) is -0.723. The number of rotatable bonds is 6. The number of hydrogen-bond donors (Lipinski definition) is 2. The second-order valence-corrected chi connectivity index (χ2v) is 5.86. The highest BCUT2D eigenvalue weighted by Gasteiger charge is 2.30. The summed E-state index contributed by atoms with van der Waals surface area (Å²) in [4.78, 5) is 11.9. The summed E-state index contributed by atoms with van der Waals surface area (Å²) >= 11 is 0. The maximum Gasteiger partial charge on any atom is 0.416 e. The van der Waals surface area contributed by atoms with E-state index in [2.05, 4.69) is 5.32 Å². The van der Waals surface area contributed by atoms with Crippen LogP contribution in [0.25, 0.3) is 0 Å². The van der Waals surface area contributed by atoms with Crippen LogP contribution >= 0.6 is 0 Å². The third-order valence-corrected chi connectivity index (χ3v) is 3.50. The van der Waals surface area contributed by atoms with Gasteiger partial charge in [0.2, 0.25) is 5.91 Å². The van der Waals surface area contributed by atoms with E-state index in [9.17, 15) is 23.1 Å². The average molecular weight is 317 g/mol. The summed E-state index contributed by atoms with van der Waals surface area (Å²) < 4.78 is 37.9. The molecule has 3 nitrogen and oxygen atoms in total. The first-order valence-corrected chi connectivity index (χ1v) is 7.23. The van der Waals surface area contributed by atoms with Gasteiger partial charge in [0.15, 0.2) is 0 Å². The highest BCUT2D eigenvalue weighted by atomic mass is 19.4. The molecule has 0 aliphatic heterocycles. The van der Waals surface area contributed by atoms with Crippen LogP contribution in [0.3, 0.4) is 0 Å². The molecular weight excluding hydrogens is 295 g/mol. The molecule has 0 aromatic heterocycles. The van der Waals surface area contributed by atoms with Gasteiger partial charge in [0.05, 0.1) is 11.7 Å². The van der Waals surface area contributed by atoms with Gasteiger partial charge in [-0.2, -0.15) is 13.2 Å². The second kappa shape index (κ2) is 7.63. The van der Waals surface area contributed by atoms with E-state index < -0.39 is 23.8 Å². The van der Waals surface area contributed by atoms with E-state index in [1.807, 2.05) is 13.8 Å². The lowest BCUT2D eigenvalue weighted by Gasteiger charge is -2.18. The quantitative estimate of drug-likeness (QED) is 0.847. The molecule has 0 saturated carbocycles. The maximum atomic E-state index is 12.6. The van der Waals surface area contributed by atoms with Gasteiger partial charge in [-0.1, -0.05) is 39.0 Å². The van der Waals surface area contributed by atoms with Crippen molar-refractivity contribution in [2.24, 2.45) is 11.8 Å². The number of alkyl halides is 3. The van der Waals surface area contributed by atoms with E-state index in [0.717, 1.165) is 12.1 Å². The van der Waals surface area contributed by atoms with Crippen LogP contribution in [0.5, 0.6) is 0 Å². The fourth-order valence-electron chi connectivity index (χ4n) is 1.94. The Kier molecular flexibility index (Phi) is 6.41. The van der Waals surface area contributed by atoms with Crippen LogP contribution in [-0.2, 0) is 17.4 Å². The first-order valence-electron chi connectivity index (χ1n) is 7.23. The Morgan fingerprint density at radius 1 is 1.27 bits per heavy atom. The van der Waals surface area contributed by atoms with E-state index in [0.29, 0.717) is 5.56 Å². The summed E-state index contributed by atoms with van der Waals surface area (Å²) in [5, 5.41) is 12.3. The summed E-state index contributed by atoms with van der Waals surface area (Å²) in [6.07, 6.45) is -4.80. The molecule has 0 spiro atoms. The molecule has 1 aromatic rings. The van der Waals surface area contributed by atoms with Crippen molar-refractivity contribution in [2.45, 2.75) is 39.5 Å². The van der Waals surface area contributed by atoms with Crippen molar-refractivity contribution in [3.05, 3.63) is 35.4 Å². The van der Waals surface area contributed by atoms with Gasteiger partial charge in [-0.3, -0.25) is 4.79 Å². The zero-order chi connectivity index (χ0) is 16.9. The summed E-state index contributed by atoms with van der Waals surface area (Å²) in [6, 6.07) is 4.98. The van der Waals surface area contributed by atoms with Gasteiger partial charge >= 0.3 is 6.18 Å². The van der Waals surface area contributed by atoms with Crippen LogP contribution in [0.1, 0.15) is 31.9 Å². The topological polar surface area (TPSA) is 49.3 Å². The molecule has 2 atom stereocenters. The molecular formula is C16H22F3NO2. The Morgan fingerprint density at radius 2 is 1.91 bits per heavy atom. The van der Waals surface area contributed by atoms with Gasteiger partial charge in [-0.05, 0) is 24.0 Å². The molecule has 0 aliphatic carbocycles. The number of carbonyl (C=O) groups excluding carboxylic acids is 1. The minimum absolute atomic E-state index is 0.0269. The Labute approximate surface area is 128 Å². The molecule has 0 bridgehead atoms. The van der Waals surface area contributed by atoms with Gasteiger partial charge in [0.1, 0.15) is 0 Å². The summed E-state index contributed by atoms with van der Waals surface area (Å²) in [7, 11) is 0. The minimum Gasteiger partial charge on any atom is -0.391 e. The normalized spacial score (nSPS) is 14.7. The number of aliphatic hydroxyl groups excluding tert-OH is 1. The monoisotopic (exact) mass is 317 g/mol. The second-order valence-electron chi connectivity index (χ2n) is 5.86. The third kappa shape index (κ3) is 5.67. The number of amides is 1. The van der Waals surface area contributed by atoms with Crippen LogP contribution in [0.15, 0.2) is 24.3 Å². The van der Waals surface area contributed by atoms with Crippen molar-refractivity contribution < 1.29 is 23.1 Å². The molecule has 0 saturated heterocycles. The molecule has 2 N–H and O–H groups in total. The first kappa shape index (κ1) is 18.5. The Hall–Kier alpha value is -1.56. The first-order chi connectivity index (χ1) is 10.1. The number of benzene rings is 1. The highest BCUT2D eigenvalue weighted by molar-refractivity contribution is 5.78. The minimum atomic E-state index is -4.39. The lowest BCUT2D eigenvalue weighted by atomic mass is 9.98. The van der Waals surface area contributed by atoms with E-state index in [4.69, 9.17) is 0 Å². The molecule has 0 heterocycles. The predicted octanol–water partition coefficient (Wildman–Crippen LogP) is 3.02. The summed E-state index contributed by atoms with van der Waals surface area (Å²) in [6.45, 7) is 5.46. The number of nitrogens with one attached hydrogen (secondary N) is 1. The van der Waals surface area contributed by atoms with E-state index in [1.165, 1.54) is 6.07 Å². The van der Waals surface area contributed by atoms with Crippen molar-refractivity contribution >= 4 is 5.91 Å². The van der Waals surface area contributed by atoms with E-state index in [1.54, 1.807) is 13.0 Å². The molecule has 0 fully saturated rings. The van der Waals surface area contributed by atoms with E-state index >= 15 is 0 Å². The van der Waals surface area contributed by atoms with Crippen LogP contribution in [0, 0.1) is 11.8 Å². The van der Waals surface area contributed by atoms with Crippen molar-refractivity contribution in [3.63, 3.8) is 0 Å². The molecule has 0 aliphatic rings. The fourth-order valence-corrected chi connectivity index (χ4v) is 1.94. The Balaban J connectivity index is 2.61. The SMILES string of the molecule is CC(Cc1cccc(C(F)(F)F)c1)C(=O)NCC(O)C(C)C. The number of hydrogen-bond acceptors (Lipinski definition) is 2. The third-order valence-electron chi connectivity index (χ3n) is 3.50. The number of halogens is 3. The average Bonchev–Trinajstić information content (AvgIpc) is 2.43. The van der Waals surface area contributed by atoms with Crippen LogP contribution in [0.4, 0.5) is 13.2 Å². The smallest absolute Gasteiger partial charge is 0.391 e. The number of carbonyl (C=O) groups is 1. The van der Waals surface area contributed by atoms with Gasteiger partial charge in [-0.15, -0.1) is 0 Å². The standard InChI is InChI=1S/C16H22F3NO2/c1-10(2)14(21)9-20-15(22)11(3)7-12-5-4-6-13(8-12)16(17,18)19/h4-6,8,10-11,14,21H,7,9H2,1-3H3,(H,20,22). The van der Waals surface area contributed by atoms with E-state index in [-0.39, 0.29) is 24.8 Å².